The third-order valence-electron chi connectivity index (χ3n) is 16.9. The monoisotopic (exact) mass is 676 g/mol. The minimum absolute atomic E-state index is 0.0286. The summed E-state index contributed by atoms with van der Waals surface area (Å²) in [5.74, 6) is 1.80. The summed E-state index contributed by atoms with van der Waals surface area (Å²) < 4.78 is 24.6. The van der Waals surface area contributed by atoms with Crippen molar-refractivity contribution in [3.63, 3.8) is 0 Å². The lowest BCUT2D eigenvalue weighted by molar-refractivity contribution is -0.252. The van der Waals surface area contributed by atoms with Crippen molar-refractivity contribution < 1.29 is 34.3 Å². The van der Waals surface area contributed by atoms with Crippen LogP contribution in [0.15, 0.2) is 0 Å². The van der Waals surface area contributed by atoms with Gasteiger partial charge in [-0.2, -0.15) is 0 Å². The Bertz CT molecular complexity index is 1170. The number of methoxy groups -OCH3 is 1. The fourth-order valence-corrected chi connectivity index (χ4v) is 14.1. The maximum absolute atomic E-state index is 12.1. The van der Waals surface area contributed by atoms with Crippen LogP contribution in [0.5, 0.6) is 0 Å². The highest BCUT2D eigenvalue weighted by Gasteiger charge is 2.83. The molecular formula is C40H69NO7. The van der Waals surface area contributed by atoms with Gasteiger partial charge >= 0.3 is 0 Å². The van der Waals surface area contributed by atoms with E-state index in [1.165, 1.54) is 32.1 Å². The molecule has 4 unspecified atom stereocenters. The van der Waals surface area contributed by atoms with Gasteiger partial charge in [-0.25, -0.2) is 0 Å². The Hall–Kier alpha value is -0.320. The lowest BCUT2D eigenvalue weighted by Gasteiger charge is -2.64. The normalized spacial score (nSPS) is 48.1. The Balaban J connectivity index is 1.06. The lowest BCUT2D eigenvalue weighted by Crippen LogP contribution is -2.60. The van der Waals surface area contributed by atoms with E-state index in [0.29, 0.717) is 41.0 Å². The summed E-state index contributed by atoms with van der Waals surface area (Å²) in [6.07, 6.45) is 10.6. The Morgan fingerprint density at radius 2 is 1.62 bits per heavy atom. The first kappa shape index (κ1) is 36.1. The van der Waals surface area contributed by atoms with Gasteiger partial charge in [-0.15, -0.1) is 0 Å². The van der Waals surface area contributed by atoms with Crippen LogP contribution in [0.1, 0.15) is 119 Å². The summed E-state index contributed by atoms with van der Waals surface area (Å²) in [6.45, 7) is 19.9. The van der Waals surface area contributed by atoms with Crippen LogP contribution >= 0.6 is 0 Å². The van der Waals surface area contributed by atoms with E-state index in [1.807, 2.05) is 0 Å². The van der Waals surface area contributed by atoms with E-state index in [4.69, 9.17) is 18.9 Å². The first-order chi connectivity index (χ1) is 22.5. The number of fused-ring (bicyclic) bond motifs is 2. The molecule has 0 aromatic rings. The third kappa shape index (κ3) is 5.26. The van der Waals surface area contributed by atoms with Crippen LogP contribution in [-0.4, -0.2) is 103 Å². The van der Waals surface area contributed by atoms with E-state index in [-0.39, 0.29) is 40.7 Å². The quantitative estimate of drug-likeness (QED) is 0.283. The summed E-state index contributed by atoms with van der Waals surface area (Å²) in [6, 6.07) is 0.588. The average Bonchev–Trinajstić information content (AvgIpc) is 3.67. The minimum Gasteiger partial charge on any atom is -0.393 e. The van der Waals surface area contributed by atoms with Crippen LogP contribution in [0.25, 0.3) is 0 Å². The van der Waals surface area contributed by atoms with E-state index < -0.39 is 17.8 Å². The molecule has 3 N–H and O–H groups in total. The van der Waals surface area contributed by atoms with Gasteiger partial charge in [0.25, 0.3) is 0 Å². The highest BCUT2D eigenvalue weighted by Crippen LogP contribution is 2.89. The van der Waals surface area contributed by atoms with Crippen molar-refractivity contribution in [2.75, 3.05) is 40.0 Å². The molecule has 2 saturated heterocycles. The average molecular weight is 676 g/mol. The summed E-state index contributed by atoms with van der Waals surface area (Å²) in [5, 5.41) is 33.6. The molecule has 2 spiro atoms. The van der Waals surface area contributed by atoms with Crippen LogP contribution in [0.3, 0.4) is 0 Å². The molecule has 5 saturated carbocycles. The maximum atomic E-state index is 12.1. The van der Waals surface area contributed by atoms with Crippen molar-refractivity contribution in [1.29, 1.82) is 0 Å². The highest BCUT2D eigenvalue weighted by molar-refractivity contribution is 5.31. The minimum atomic E-state index is -1.23. The number of aliphatic hydroxyl groups is 3. The molecule has 5 aliphatic carbocycles. The molecule has 8 nitrogen and oxygen atoms in total. The smallest absolute Gasteiger partial charge is 0.170 e. The predicted molar refractivity (Wildman–Crippen MR) is 185 cm³/mol. The Morgan fingerprint density at radius 3 is 2.31 bits per heavy atom. The number of ether oxygens (including phenoxy) is 4. The van der Waals surface area contributed by atoms with E-state index >= 15 is 0 Å². The van der Waals surface area contributed by atoms with E-state index in [0.717, 1.165) is 65.0 Å². The number of aliphatic hydroxyl groups excluding tert-OH is 2. The second-order valence-corrected chi connectivity index (χ2v) is 19.4. The molecule has 7 aliphatic rings. The van der Waals surface area contributed by atoms with Crippen LogP contribution in [0.2, 0.25) is 0 Å². The molecule has 2 aliphatic heterocycles. The first-order valence-corrected chi connectivity index (χ1v) is 19.8. The van der Waals surface area contributed by atoms with E-state index in [2.05, 4.69) is 39.5 Å². The van der Waals surface area contributed by atoms with Crippen molar-refractivity contribution in [3.05, 3.63) is 0 Å². The molecule has 0 radical (unpaired) electrons. The molecule has 7 fully saturated rings. The summed E-state index contributed by atoms with van der Waals surface area (Å²) in [7, 11) is 1.64. The van der Waals surface area contributed by atoms with Crippen molar-refractivity contribution in [3.8, 4) is 0 Å². The largest absolute Gasteiger partial charge is 0.393 e. The van der Waals surface area contributed by atoms with Gasteiger partial charge in [0.05, 0.1) is 30.5 Å². The van der Waals surface area contributed by atoms with Gasteiger partial charge in [-0.3, -0.25) is 4.90 Å². The van der Waals surface area contributed by atoms with Crippen LogP contribution in [0.4, 0.5) is 0 Å². The van der Waals surface area contributed by atoms with Gasteiger partial charge in [0.15, 0.2) is 6.29 Å². The van der Waals surface area contributed by atoms with Crippen molar-refractivity contribution in [2.24, 2.45) is 50.7 Å². The fourth-order valence-electron chi connectivity index (χ4n) is 14.1. The Kier molecular flexibility index (Phi) is 9.30. The van der Waals surface area contributed by atoms with Gasteiger partial charge in [0, 0.05) is 44.9 Å². The molecule has 276 valence electrons. The molecule has 0 aromatic heterocycles. The molecule has 0 bridgehead atoms. The molecule has 8 heteroatoms. The highest BCUT2D eigenvalue weighted by atomic mass is 16.7. The molecule has 48 heavy (non-hydrogen) atoms. The first-order valence-electron chi connectivity index (χ1n) is 19.8. The summed E-state index contributed by atoms with van der Waals surface area (Å²) in [4.78, 5) is 2.60. The van der Waals surface area contributed by atoms with Gasteiger partial charge < -0.3 is 34.3 Å². The number of rotatable bonds is 9. The summed E-state index contributed by atoms with van der Waals surface area (Å²) >= 11 is 0. The zero-order valence-electron chi connectivity index (χ0n) is 31.5. The zero-order valence-corrected chi connectivity index (χ0v) is 31.5. The number of morpholine rings is 1. The van der Waals surface area contributed by atoms with Gasteiger partial charge in [-0.05, 0) is 130 Å². The zero-order chi connectivity index (χ0) is 34.5. The van der Waals surface area contributed by atoms with E-state index in [1.54, 1.807) is 21.0 Å². The Labute approximate surface area is 291 Å². The Morgan fingerprint density at radius 1 is 0.938 bits per heavy atom. The standard InChI is InChI=1S/C40H69NO7/c1-25(21-28(45-8)34(43)36(4,5)44)27-22-31(42)38(7)30-10-9-29-35(2,3)32(11-14-39(29)24-40(30,39)16-15-37(27,38)6)48-33-23-41(17-20-47-33)26-12-18-46-19-13-26/h25-34,42-44H,9-24H2,1-8H3/t25-,27?,28?,29+,30+,31+,32+,33?,34+,37-,38-,39-,40?/m1/s1. The maximum Gasteiger partial charge on any atom is 0.170 e. The molecular weight excluding hydrogens is 606 g/mol. The molecule has 0 amide bonds. The number of hydrogen-bond donors (Lipinski definition) is 3. The van der Waals surface area contributed by atoms with Crippen LogP contribution < -0.4 is 0 Å². The third-order valence-corrected chi connectivity index (χ3v) is 16.9. The van der Waals surface area contributed by atoms with Crippen molar-refractivity contribution in [2.45, 2.75) is 161 Å². The van der Waals surface area contributed by atoms with Gasteiger partial charge in [0.2, 0.25) is 0 Å². The number of nitrogens with zero attached hydrogens (tertiary/aromatic N) is 1. The van der Waals surface area contributed by atoms with Gasteiger partial charge in [0.1, 0.15) is 6.10 Å². The second-order valence-electron chi connectivity index (χ2n) is 19.4. The van der Waals surface area contributed by atoms with Crippen molar-refractivity contribution >= 4 is 0 Å². The lowest BCUT2D eigenvalue weighted by atomic mass is 9.41. The van der Waals surface area contributed by atoms with E-state index in [9.17, 15) is 15.3 Å². The van der Waals surface area contributed by atoms with Crippen molar-refractivity contribution in [1.82, 2.24) is 4.90 Å². The molecule has 13 atom stereocenters. The molecule has 2 heterocycles. The molecule has 0 aromatic carbocycles. The summed E-state index contributed by atoms with van der Waals surface area (Å²) in [5.41, 5.74) is -0.541. The predicted octanol–water partition coefficient (Wildman–Crippen LogP) is 5.79. The van der Waals surface area contributed by atoms with Gasteiger partial charge in [-0.1, -0.05) is 34.6 Å². The van der Waals surface area contributed by atoms with Crippen LogP contribution in [0, 0.1) is 50.7 Å². The second kappa shape index (κ2) is 12.4. The van der Waals surface area contributed by atoms with Crippen LogP contribution in [-0.2, 0) is 18.9 Å². The fraction of sp³-hybridized carbons (Fsp3) is 1.00. The topological polar surface area (TPSA) is 101 Å². The SMILES string of the molecule is COC(C[C@@H](C)C1C[C@H](O)[C@@]2(C)[C@@H]3CC[C@H]4C(C)(C)[C@@H](OC5CN(C6CCOCC6)CCO5)CC[C@@]45CC35CC[C@]12C)[C@H](O)C(C)(C)O. The number of hydrogen-bond acceptors (Lipinski definition) is 8. The molecule has 7 rings (SSSR count).